The minimum Gasteiger partial charge on any atom is -0.493 e. The number of rotatable bonds is 7. The SMILES string of the molecule is C=N/N=C(/c1ccc(-c2cnnn2-c2cc(OC)c(OC)c(OC)c2)cc1)N(C)C. The molecule has 0 amide bonds. The molecule has 156 valence electrons. The van der Waals surface area contributed by atoms with Crippen molar-refractivity contribution in [1.29, 1.82) is 0 Å². The molecule has 0 spiro atoms. The predicted molar refractivity (Wildman–Crippen MR) is 116 cm³/mol. The predicted octanol–water partition coefficient (Wildman–Crippen LogP) is 2.88. The normalized spacial score (nSPS) is 11.2. The van der Waals surface area contributed by atoms with Gasteiger partial charge in [0.05, 0.1) is 38.9 Å². The van der Waals surface area contributed by atoms with Gasteiger partial charge in [0.2, 0.25) is 5.75 Å². The van der Waals surface area contributed by atoms with Crippen LogP contribution in [0.5, 0.6) is 17.2 Å². The summed E-state index contributed by atoms with van der Waals surface area (Å²) in [5.41, 5.74) is 3.39. The molecule has 9 heteroatoms. The number of amidine groups is 1. The smallest absolute Gasteiger partial charge is 0.203 e. The highest BCUT2D eigenvalue weighted by Gasteiger charge is 2.17. The maximum absolute atomic E-state index is 5.45. The van der Waals surface area contributed by atoms with Gasteiger partial charge in [0.25, 0.3) is 0 Å². The fourth-order valence-corrected chi connectivity index (χ4v) is 3.07. The van der Waals surface area contributed by atoms with Gasteiger partial charge in [0.1, 0.15) is 0 Å². The lowest BCUT2D eigenvalue weighted by Crippen LogP contribution is -2.22. The molecule has 0 unspecified atom stereocenters. The van der Waals surface area contributed by atoms with E-state index in [0.717, 1.165) is 22.5 Å². The Labute approximate surface area is 175 Å². The summed E-state index contributed by atoms with van der Waals surface area (Å²) < 4.78 is 18.0. The molecule has 0 aliphatic heterocycles. The summed E-state index contributed by atoms with van der Waals surface area (Å²) in [5, 5.41) is 16.1. The number of hydrogen-bond acceptors (Lipinski definition) is 7. The van der Waals surface area contributed by atoms with Crippen molar-refractivity contribution in [3.05, 3.63) is 48.2 Å². The standard InChI is InChI=1S/C21H24N6O3/c1-22-24-21(26(2)3)15-9-7-14(8-10-15)17-13-23-25-27(17)16-11-18(28-4)20(30-6)19(12-16)29-5/h7-13H,1H2,2-6H3/b24-21-. The third-order valence-electron chi connectivity index (χ3n) is 4.47. The van der Waals surface area contributed by atoms with Gasteiger partial charge >= 0.3 is 0 Å². The van der Waals surface area contributed by atoms with Crippen LogP contribution >= 0.6 is 0 Å². The van der Waals surface area contributed by atoms with Crippen molar-refractivity contribution in [2.24, 2.45) is 10.2 Å². The number of nitrogens with zero attached hydrogens (tertiary/aromatic N) is 6. The summed E-state index contributed by atoms with van der Waals surface area (Å²) in [4.78, 5) is 1.88. The zero-order valence-electron chi connectivity index (χ0n) is 17.7. The minimum absolute atomic E-state index is 0.515. The lowest BCUT2D eigenvalue weighted by atomic mass is 10.1. The monoisotopic (exact) mass is 408 g/mol. The first-order valence-corrected chi connectivity index (χ1v) is 9.07. The quantitative estimate of drug-likeness (QED) is 0.339. The fraction of sp³-hybridized carbons (Fsp3) is 0.238. The number of ether oxygens (including phenoxy) is 3. The van der Waals surface area contributed by atoms with E-state index in [9.17, 15) is 0 Å². The Balaban J connectivity index is 2.04. The van der Waals surface area contributed by atoms with Crippen LogP contribution in [0.2, 0.25) is 0 Å². The Morgan fingerprint density at radius 2 is 1.63 bits per heavy atom. The number of aromatic nitrogens is 3. The fourth-order valence-electron chi connectivity index (χ4n) is 3.07. The molecule has 0 bridgehead atoms. The Hall–Kier alpha value is -3.88. The number of hydrogen-bond donors (Lipinski definition) is 0. The molecule has 0 aliphatic carbocycles. The Kier molecular flexibility index (Phi) is 6.31. The van der Waals surface area contributed by atoms with E-state index >= 15 is 0 Å². The second kappa shape index (κ2) is 9.08. The second-order valence-corrected chi connectivity index (χ2v) is 6.45. The van der Waals surface area contributed by atoms with Crippen molar-refractivity contribution in [1.82, 2.24) is 19.9 Å². The molecule has 2 aromatic carbocycles. The summed E-state index contributed by atoms with van der Waals surface area (Å²) >= 11 is 0. The van der Waals surface area contributed by atoms with Gasteiger partial charge in [0.15, 0.2) is 17.3 Å². The number of benzene rings is 2. The van der Waals surface area contributed by atoms with E-state index in [1.807, 2.05) is 55.4 Å². The molecule has 3 aromatic rings. The summed E-state index contributed by atoms with van der Waals surface area (Å²) in [6.45, 7) is 3.44. The molecule has 30 heavy (non-hydrogen) atoms. The molecule has 0 N–H and O–H groups in total. The highest BCUT2D eigenvalue weighted by atomic mass is 16.5. The zero-order chi connectivity index (χ0) is 21.7. The van der Waals surface area contributed by atoms with Crippen LogP contribution in [-0.4, -0.2) is 67.9 Å². The van der Waals surface area contributed by atoms with Crippen molar-refractivity contribution in [2.45, 2.75) is 0 Å². The van der Waals surface area contributed by atoms with E-state index in [1.54, 1.807) is 32.2 Å². The van der Waals surface area contributed by atoms with E-state index in [0.29, 0.717) is 23.1 Å². The van der Waals surface area contributed by atoms with Crippen LogP contribution in [0.1, 0.15) is 5.56 Å². The van der Waals surface area contributed by atoms with Crippen LogP contribution in [0.15, 0.2) is 52.8 Å². The van der Waals surface area contributed by atoms with E-state index in [4.69, 9.17) is 14.2 Å². The third kappa shape index (κ3) is 3.95. The van der Waals surface area contributed by atoms with E-state index in [2.05, 4.69) is 27.2 Å². The van der Waals surface area contributed by atoms with Crippen molar-refractivity contribution < 1.29 is 14.2 Å². The highest BCUT2D eigenvalue weighted by molar-refractivity contribution is 5.98. The van der Waals surface area contributed by atoms with Gasteiger partial charge in [-0.2, -0.15) is 5.10 Å². The van der Waals surface area contributed by atoms with E-state index in [1.165, 1.54) is 0 Å². The van der Waals surface area contributed by atoms with Crippen LogP contribution in [0.25, 0.3) is 16.9 Å². The molecule has 0 atom stereocenters. The zero-order valence-corrected chi connectivity index (χ0v) is 17.7. The first-order valence-electron chi connectivity index (χ1n) is 9.07. The average Bonchev–Trinajstić information content (AvgIpc) is 3.26. The molecular weight excluding hydrogens is 384 g/mol. The first kappa shape index (κ1) is 20.8. The molecule has 0 radical (unpaired) electrons. The lowest BCUT2D eigenvalue weighted by molar-refractivity contribution is 0.324. The first-order chi connectivity index (χ1) is 14.5. The lowest BCUT2D eigenvalue weighted by Gasteiger charge is -2.16. The van der Waals surface area contributed by atoms with Gasteiger partial charge in [-0.05, 0) is 0 Å². The van der Waals surface area contributed by atoms with Crippen LogP contribution < -0.4 is 14.2 Å². The summed E-state index contributed by atoms with van der Waals surface area (Å²) in [7, 11) is 8.52. The van der Waals surface area contributed by atoms with Crippen molar-refractivity contribution >= 4 is 12.6 Å². The maximum Gasteiger partial charge on any atom is 0.203 e. The molecule has 0 fully saturated rings. The molecule has 0 aliphatic rings. The van der Waals surface area contributed by atoms with Gasteiger partial charge in [0, 0.05) is 44.1 Å². The maximum atomic E-state index is 5.45. The Morgan fingerprint density at radius 3 is 2.13 bits per heavy atom. The minimum atomic E-state index is 0.515. The average molecular weight is 408 g/mol. The molecule has 9 nitrogen and oxygen atoms in total. The molecule has 0 saturated carbocycles. The van der Waals surface area contributed by atoms with E-state index < -0.39 is 0 Å². The Morgan fingerprint density at radius 1 is 1.00 bits per heavy atom. The van der Waals surface area contributed by atoms with Crippen molar-refractivity contribution in [2.75, 3.05) is 35.4 Å². The van der Waals surface area contributed by atoms with Crippen LogP contribution in [0.4, 0.5) is 0 Å². The van der Waals surface area contributed by atoms with Crippen molar-refractivity contribution in [3.63, 3.8) is 0 Å². The highest BCUT2D eigenvalue weighted by Crippen LogP contribution is 2.39. The van der Waals surface area contributed by atoms with Gasteiger partial charge in [-0.1, -0.05) is 29.5 Å². The van der Waals surface area contributed by atoms with Gasteiger partial charge in [-0.25, -0.2) is 4.68 Å². The largest absolute Gasteiger partial charge is 0.493 e. The molecule has 1 aromatic heterocycles. The van der Waals surface area contributed by atoms with Crippen LogP contribution in [-0.2, 0) is 0 Å². The van der Waals surface area contributed by atoms with Gasteiger partial charge in [-0.3, -0.25) is 0 Å². The van der Waals surface area contributed by atoms with Crippen LogP contribution in [0, 0.1) is 0 Å². The number of methoxy groups -OCH3 is 3. The van der Waals surface area contributed by atoms with Gasteiger partial charge in [-0.15, -0.1) is 10.2 Å². The summed E-state index contributed by atoms with van der Waals surface area (Å²) in [5.74, 6) is 2.30. The topological polar surface area (TPSA) is 86.4 Å². The summed E-state index contributed by atoms with van der Waals surface area (Å²) in [6.07, 6.45) is 1.70. The summed E-state index contributed by atoms with van der Waals surface area (Å²) in [6, 6.07) is 11.5. The van der Waals surface area contributed by atoms with Crippen molar-refractivity contribution in [3.8, 4) is 34.2 Å². The Bertz CT molecular complexity index is 1030. The molecule has 3 rings (SSSR count). The van der Waals surface area contributed by atoms with Gasteiger partial charge < -0.3 is 19.1 Å². The molecule has 0 saturated heterocycles. The molecule has 1 heterocycles. The van der Waals surface area contributed by atoms with E-state index in [-0.39, 0.29) is 0 Å². The third-order valence-corrected chi connectivity index (χ3v) is 4.47. The second-order valence-electron chi connectivity index (χ2n) is 6.45. The molecular formula is C21H24N6O3. The van der Waals surface area contributed by atoms with Crippen LogP contribution in [0.3, 0.4) is 0 Å².